The highest BCUT2D eigenvalue weighted by Gasteiger charge is 2.24. The van der Waals surface area contributed by atoms with Crippen molar-refractivity contribution >= 4 is 16.0 Å². The minimum Gasteiger partial charge on any atom is -0.461 e. The summed E-state index contributed by atoms with van der Waals surface area (Å²) in [7, 11) is -3.79. The van der Waals surface area contributed by atoms with Crippen molar-refractivity contribution < 1.29 is 17.9 Å². The molecule has 0 aliphatic rings. The number of rotatable bonds is 8. The molecule has 3 aromatic carbocycles. The number of carbonyl (C=O) groups excluding carboxylic acids is 1. The summed E-state index contributed by atoms with van der Waals surface area (Å²) >= 11 is 0. The zero-order chi connectivity index (χ0) is 20.7. The van der Waals surface area contributed by atoms with Gasteiger partial charge in [-0.05, 0) is 30.2 Å². The van der Waals surface area contributed by atoms with Crippen LogP contribution in [0.5, 0.6) is 0 Å². The molecule has 0 spiro atoms. The van der Waals surface area contributed by atoms with Gasteiger partial charge in [0.1, 0.15) is 6.61 Å². The molecule has 0 amide bonds. The van der Waals surface area contributed by atoms with E-state index in [1.807, 2.05) is 43.3 Å². The number of hydrogen-bond donors (Lipinski definition) is 1. The Kier molecular flexibility index (Phi) is 6.80. The summed E-state index contributed by atoms with van der Waals surface area (Å²) < 4.78 is 33.6. The van der Waals surface area contributed by atoms with Crippen LogP contribution >= 0.6 is 0 Å². The van der Waals surface area contributed by atoms with E-state index >= 15 is 0 Å². The number of sulfonamides is 1. The van der Waals surface area contributed by atoms with E-state index in [1.54, 1.807) is 48.5 Å². The third-order valence-electron chi connectivity index (χ3n) is 4.44. The Morgan fingerprint density at radius 1 is 0.897 bits per heavy atom. The van der Waals surface area contributed by atoms with Gasteiger partial charge in [0.15, 0.2) is 0 Å². The maximum Gasteiger partial charge on any atom is 0.308 e. The Bertz CT molecular complexity index is 1030. The quantitative estimate of drug-likeness (QED) is 0.568. The Morgan fingerprint density at radius 2 is 1.48 bits per heavy atom. The van der Waals surface area contributed by atoms with Crippen molar-refractivity contribution in [3.8, 4) is 0 Å². The molecule has 150 valence electrons. The minimum atomic E-state index is -3.79. The van der Waals surface area contributed by atoms with Crippen LogP contribution in [0.1, 0.15) is 29.2 Å². The first kappa shape index (κ1) is 20.8. The molecule has 3 aromatic rings. The van der Waals surface area contributed by atoms with Crippen LogP contribution in [-0.2, 0) is 26.2 Å². The van der Waals surface area contributed by atoms with Gasteiger partial charge in [0, 0.05) is 0 Å². The van der Waals surface area contributed by atoms with Crippen molar-refractivity contribution in [2.45, 2.75) is 30.9 Å². The molecule has 0 saturated heterocycles. The fourth-order valence-corrected chi connectivity index (χ4v) is 4.07. The number of aryl methyl sites for hydroxylation is 1. The fourth-order valence-electron chi connectivity index (χ4n) is 2.85. The lowest BCUT2D eigenvalue weighted by molar-refractivity contribution is -0.145. The van der Waals surface area contributed by atoms with Gasteiger partial charge in [0.05, 0.1) is 17.4 Å². The summed E-state index contributed by atoms with van der Waals surface area (Å²) in [6.45, 7) is 2.03. The molecule has 1 N–H and O–H groups in total. The van der Waals surface area contributed by atoms with Crippen LogP contribution in [0, 0.1) is 6.92 Å². The fraction of sp³-hybridized carbons (Fsp3) is 0.174. The van der Waals surface area contributed by atoms with Crippen LogP contribution in [0.4, 0.5) is 0 Å². The average molecular weight is 410 g/mol. The van der Waals surface area contributed by atoms with E-state index in [9.17, 15) is 13.2 Å². The normalized spacial score (nSPS) is 12.3. The molecule has 1 unspecified atom stereocenters. The number of benzene rings is 3. The number of ether oxygens (including phenoxy) is 1. The van der Waals surface area contributed by atoms with E-state index in [0.29, 0.717) is 5.56 Å². The zero-order valence-corrected chi connectivity index (χ0v) is 16.9. The molecule has 0 aliphatic carbocycles. The summed E-state index contributed by atoms with van der Waals surface area (Å²) in [5.41, 5.74) is 2.53. The molecule has 0 saturated carbocycles. The van der Waals surface area contributed by atoms with Crippen LogP contribution in [-0.4, -0.2) is 14.4 Å². The van der Waals surface area contributed by atoms with Crippen molar-refractivity contribution in [3.63, 3.8) is 0 Å². The average Bonchev–Trinajstić information content (AvgIpc) is 2.73. The van der Waals surface area contributed by atoms with Gasteiger partial charge in [-0.2, -0.15) is 0 Å². The minimum absolute atomic E-state index is 0.109. The molecule has 0 aromatic heterocycles. The second-order valence-electron chi connectivity index (χ2n) is 6.75. The van der Waals surface area contributed by atoms with E-state index in [4.69, 9.17) is 4.74 Å². The predicted molar refractivity (Wildman–Crippen MR) is 112 cm³/mol. The van der Waals surface area contributed by atoms with E-state index in [2.05, 4.69) is 4.72 Å². The van der Waals surface area contributed by atoms with Gasteiger partial charge in [0.25, 0.3) is 0 Å². The van der Waals surface area contributed by atoms with Crippen LogP contribution in [0.15, 0.2) is 89.8 Å². The highest BCUT2D eigenvalue weighted by molar-refractivity contribution is 7.89. The summed E-state index contributed by atoms with van der Waals surface area (Å²) in [5, 5.41) is 0. The first-order chi connectivity index (χ1) is 13.9. The topological polar surface area (TPSA) is 72.5 Å². The molecule has 0 fully saturated rings. The van der Waals surface area contributed by atoms with E-state index in [0.717, 1.165) is 11.1 Å². The van der Waals surface area contributed by atoms with E-state index < -0.39 is 22.0 Å². The monoisotopic (exact) mass is 409 g/mol. The molecule has 29 heavy (non-hydrogen) atoms. The number of carbonyl (C=O) groups is 1. The van der Waals surface area contributed by atoms with Crippen molar-refractivity contribution in [2.24, 2.45) is 0 Å². The van der Waals surface area contributed by atoms with Gasteiger partial charge in [-0.15, -0.1) is 0 Å². The van der Waals surface area contributed by atoms with Crippen molar-refractivity contribution in [1.29, 1.82) is 0 Å². The maximum absolute atomic E-state index is 12.8. The van der Waals surface area contributed by atoms with Crippen LogP contribution in [0.3, 0.4) is 0 Å². The second kappa shape index (κ2) is 9.49. The van der Waals surface area contributed by atoms with Gasteiger partial charge in [-0.3, -0.25) is 4.79 Å². The van der Waals surface area contributed by atoms with Gasteiger partial charge in [-0.25, -0.2) is 13.1 Å². The second-order valence-corrected chi connectivity index (χ2v) is 8.46. The third-order valence-corrected chi connectivity index (χ3v) is 5.93. The summed E-state index contributed by atoms with van der Waals surface area (Å²) in [4.78, 5) is 12.6. The van der Waals surface area contributed by atoms with Crippen LogP contribution in [0.25, 0.3) is 0 Å². The molecule has 5 nitrogen and oxygen atoms in total. The standard InChI is InChI=1S/C23H23NO4S/c1-18-12-14-21(15-13-18)29(26,27)24-22(20-10-6-3-7-11-20)16-23(25)28-17-19-8-4-2-5-9-19/h2-15,22,24H,16-17H2,1H3. The molecule has 0 radical (unpaired) electrons. The highest BCUT2D eigenvalue weighted by Crippen LogP contribution is 2.21. The van der Waals surface area contributed by atoms with Crippen molar-refractivity contribution in [1.82, 2.24) is 4.72 Å². The number of esters is 1. The smallest absolute Gasteiger partial charge is 0.308 e. The van der Waals surface area contributed by atoms with E-state index in [1.165, 1.54) is 0 Å². The Hall–Kier alpha value is -2.96. The first-order valence-corrected chi connectivity index (χ1v) is 10.8. The highest BCUT2D eigenvalue weighted by atomic mass is 32.2. The third kappa shape index (κ3) is 6.01. The molecule has 0 aliphatic heterocycles. The Balaban J connectivity index is 1.74. The van der Waals surface area contributed by atoms with Crippen LogP contribution < -0.4 is 4.72 Å². The molecule has 3 rings (SSSR count). The summed E-state index contributed by atoms with van der Waals surface area (Å²) in [6.07, 6.45) is -0.109. The SMILES string of the molecule is Cc1ccc(S(=O)(=O)NC(CC(=O)OCc2ccccc2)c2ccccc2)cc1. The van der Waals surface area contributed by atoms with Crippen molar-refractivity contribution in [2.75, 3.05) is 0 Å². The number of nitrogens with one attached hydrogen (secondary N) is 1. The molecule has 0 heterocycles. The maximum atomic E-state index is 12.8. The number of hydrogen-bond acceptors (Lipinski definition) is 4. The largest absolute Gasteiger partial charge is 0.461 e. The Labute approximate surface area is 171 Å². The lowest BCUT2D eigenvalue weighted by Gasteiger charge is -2.19. The molecule has 6 heteroatoms. The molecular formula is C23H23NO4S. The first-order valence-electron chi connectivity index (χ1n) is 9.27. The predicted octanol–water partition coefficient (Wildman–Crippen LogP) is 4.15. The summed E-state index contributed by atoms with van der Waals surface area (Å²) in [6, 6.07) is 24.2. The van der Waals surface area contributed by atoms with Gasteiger partial charge in [-0.1, -0.05) is 78.4 Å². The Morgan fingerprint density at radius 3 is 2.10 bits per heavy atom. The summed E-state index contributed by atoms with van der Waals surface area (Å²) in [5.74, 6) is -0.477. The van der Waals surface area contributed by atoms with Gasteiger partial charge >= 0.3 is 5.97 Å². The lowest BCUT2D eigenvalue weighted by atomic mass is 10.1. The molecular weight excluding hydrogens is 386 g/mol. The zero-order valence-electron chi connectivity index (χ0n) is 16.1. The van der Waals surface area contributed by atoms with E-state index in [-0.39, 0.29) is 17.9 Å². The van der Waals surface area contributed by atoms with Gasteiger partial charge < -0.3 is 4.74 Å². The molecule has 0 bridgehead atoms. The van der Waals surface area contributed by atoms with Crippen molar-refractivity contribution in [3.05, 3.63) is 102 Å². The van der Waals surface area contributed by atoms with Crippen LogP contribution in [0.2, 0.25) is 0 Å². The molecule has 1 atom stereocenters. The lowest BCUT2D eigenvalue weighted by Crippen LogP contribution is -2.30. The van der Waals surface area contributed by atoms with Gasteiger partial charge in [0.2, 0.25) is 10.0 Å².